The van der Waals surface area contributed by atoms with Crippen LogP contribution in [0.5, 0.6) is 0 Å². The topological polar surface area (TPSA) is 113 Å². The van der Waals surface area contributed by atoms with Gasteiger partial charge in [-0.3, -0.25) is 4.79 Å². The maximum Gasteiger partial charge on any atom is 0.341 e. The molecule has 0 atom stereocenters. The molecule has 0 bridgehead atoms. The number of aromatic amines is 1. The molecule has 0 unspecified atom stereocenters. The van der Waals surface area contributed by atoms with E-state index in [4.69, 9.17) is 10.8 Å². The number of carboxylic acids is 1. The molecule has 0 aliphatic rings. The SMILES string of the molecule is Cc1c(N)n2ncc(C(=O)O)c2[nH]c1=O. The summed E-state index contributed by atoms with van der Waals surface area (Å²) in [7, 11) is 0. The van der Waals surface area contributed by atoms with Gasteiger partial charge in [0.2, 0.25) is 0 Å². The van der Waals surface area contributed by atoms with Crippen LogP contribution in [0.15, 0.2) is 11.0 Å². The molecule has 0 radical (unpaired) electrons. The molecule has 0 saturated heterocycles. The van der Waals surface area contributed by atoms with Gasteiger partial charge in [0.05, 0.1) is 11.8 Å². The van der Waals surface area contributed by atoms with E-state index in [1.807, 2.05) is 0 Å². The zero-order chi connectivity index (χ0) is 11.2. The summed E-state index contributed by atoms with van der Waals surface area (Å²) in [5.74, 6) is -1.02. The van der Waals surface area contributed by atoms with Gasteiger partial charge in [0.25, 0.3) is 5.56 Å². The minimum absolute atomic E-state index is 0.0844. The van der Waals surface area contributed by atoms with Crippen LogP contribution in [-0.2, 0) is 0 Å². The number of aromatic carboxylic acids is 1. The lowest BCUT2D eigenvalue weighted by Gasteiger charge is -2.01. The van der Waals surface area contributed by atoms with E-state index in [1.165, 1.54) is 11.4 Å². The molecule has 7 nitrogen and oxygen atoms in total. The van der Waals surface area contributed by atoms with Crippen LogP contribution >= 0.6 is 0 Å². The fourth-order valence-electron chi connectivity index (χ4n) is 1.28. The Morgan fingerprint density at radius 3 is 2.93 bits per heavy atom. The normalized spacial score (nSPS) is 10.7. The third-order valence-electron chi connectivity index (χ3n) is 2.18. The molecule has 2 aromatic rings. The highest BCUT2D eigenvalue weighted by Crippen LogP contribution is 2.11. The summed E-state index contributed by atoms with van der Waals surface area (Å²) < 4.78 is 1.19. The van der Waals surface area contributed by atoms with Crippen molar-refractivity contribution in [1.82, 2.24) is 14.6 Å². The third kappa shape index (κ3) is 1.17. The average molecular weight is 208 g/mol. The number of nitrogen functional groups attached to an aromatic ring is 1. The number of nitrogens with zero attached hydrogens (tertiary/aromatic N) is 2. The largest absolute Gasteiger partial charge is 0.477 e. The van der Waals surface area contributed by atoms with Crippen molar-refractivity contribution in [2.45, 2.75) is 6.92 Å². The number of nitrogens with one attached hydrogen (secondary N) is 1. The lowest BCUT2D eigenvalue weighted by atomic mass is 10.3. The Kier molecular flexibility index (Phi) is 1.75. The fraction of sp³-hybridized carbons (Fsp3) is 0.125. The van der Waals surface area contributed by atoms with Gasteiger partial charge in [-0.1, -0.05) is 0 Å². The van der Waals surface area contributed by atoms with Crippen molar-refractivity contribution in [3.63, 3.8) is 0 Å². The second-order valence-corrected chi connectivity index (χ2v) is 3.09. The Balaban J connectivity index is 2.95. The molecule has 0 aliphatic heterocycles. The fourth-order valence-corrected chi connectivity index (χ4v) is 1.28. The smallest absolute Gasteiger partial charge is 0.341 e. The van der Waals surface area contributed by atoms with Gasteiger partial charge < -0.3 is 15.8 Å². The Labute approximate surface area is 83.1 Å². The molecule has 0 aliphatic carbocycles. The quantitative estimate of drug-likeness (QED) is 0.590. The van der Waals surface area contributed by atoms with Gasteiger partial charge in [0.1, 0.15) is 11.4 Å². The summed E-state index contributed by atoms with van der Waals surface area (Å²) >= 11 is 0. The molecule has 7 heteroatoms. The molecule has 0 saturated carbocycles. The molecule has 0 aromatic carbocycles. The number of carboxylic acid groups (broad SMARTS) is 1. The molecular formula is C8H8N4O3. The van der Waals surface area contributed by atoms with E-state index in [2.05, 4.69) is 10.1 Å². The first-order chi connectivity index (χ1) is 7.02. The molecule has 0 fully saturated rings. The van der Waals surface area contributed by atoms with Gasteiger partial charge >= 0.3 is 5.97 Å². The van der Waals surface area contributed by atoms with Crippen LogP contribution in [0.2, 0.25) is 0 Å². The van der Waals surface area contributed by atoms with E-state index in [9.17, 15) is 9.59 Å². The third-order valence-corrected chi connectivity index (χ3v) is 2.18. The molecule has 2 rings (SSSR count). The van der Waals surface area contributed by atoms with Crippen LogP contribution in [0.3, 0.4) is 0 Å². The van der Waals surface area contributed by atoms with Crippen LogP contribution in [0, 0.1) is 6.92 Å². The molecule has 0 amide bonds. The van der Waals surface area contributed by atoms with E-state index in [-0.39, 0.29) is 17.0 Å². The summed E-state index contributed by atoms with van der Waals surface area (Å²) in [4.78, 5) is 24.5. The number of hydrogen-bond acceptors (Lipinski definition) is 4. The number of carbonyl (C=O) groups is 1. The summed E-state index contributed by atoms with van der Waals surface area (Å²) in [5.41, 5.74) is 5.52. The first kappa shape index (κ1) is 9.25. The van der Waals surface area contributed by atoms with Gasteiger partial charge in [-0.2, -0.15) is 5.10 Å². The second kappa shape index (κ2) is 2.84. The first-order valence-corrected chi connectivity index (χ1v) is 4.11. The van der Waals surface area contributed by atoms with Crippen molar-refractivity contribution in [2.24, 2.45) is 0 Å². The van der Waals surface area contributed by atoms with Crippen LogP contribution in [0.4, 0.5) is 5.82 Å². The van der Waals surface area contributed by atoms with Crippen LogP contribution in [0.1, 0.15) is 15.9 Å². The van der Waals surface area contributed by atoms with Crippen molar-refractivity contribution in [1.29, 1.82) is 0 Å². The van der Waals surface area contributed by atoms with E-state index in [1.54, 1.807) is 0 Å². The molecule has 15 heavy (non-hydrogen) atoms. The molecular weight excluding hydrogens is 200 g/mol. The maximum atomic E-state index is 11.4. The molecule has 78 valence electrons. The Hall–Kier alpha value is -2.31. The van der Waals surface area contributed by atoms with Crippen LogP contribution < -0.4 is 11.3 Å². The first-order valence-electron chi connectivity index (χ1n) is 4.11. The predicted octanol–water partition coefficient (Wildman–Crippen LogP) is -0.389. The predicted molar refractivity (Wildman–Crippen MR) is 51.9 cm³/mol. The van der Waals surface area contributed by atoms with Crippen molar-refractivity contribution in [3.05, 3.63) is 27.7 Å². The summed E-state index contributed by atoms with van der Waals surface area (Å²) in [5, 5.41) is 12.6. The summed E-state index contributed by atoms with van der Waals surface area (Å²) in [6.07, 6.45) is 1.14. The van der Waals surface area contributed by atoms with E-state index in [0.717, 1.165) is 6.20 Å². The highest BCUT2D eigenvalue weighted by atomic mass is 16.4. The summed E-state index contributed by atoms with van der Waals surface area (Å²) in [6.45, 7) is 1.54. The number of rotatable bonds is 1. The Morgan fingerprint density at radius 2 is 2.33 bits per heavy atom. The van der Waals surface area contributed by atoms with Crippen molar-refractivity contribution in [2.75, 3.05) is 5.73 Å². The van der Waals surface area contributed by atoms with E-state index < -0.39 is 11.5 Å². The van der Waals surface area contributed by atoms with Crippen LogP contribution in [0.25, 0.3) is 5.65 Å². The van der Waals surface area contributed by atoms with E-state index in [0.29, 0.717) is 5.56 Å². The zero-order valence-electron chi connectivity index (χ0n) is 7.81. The van der Waals surface area contributed by atoms with Gasteiger partial charge in [0, 0.05) is 0 Å². The van der Waals surface area contributed by atoms with Gasteiger partial charge in [0.15, 0.2) is 5.65 Å². The highest BCUT2D eigenvalue weighted by Gasteiger charge is 2.15. The number of anilines is 1. The average Bonchev–Trinajstić information content (AvgIpc) is 2.58. The van der Waals surface area contributed by atoms with Crippen molar-refractivity contribution >= 4 is 17.4 Å². The number of nitrogens with two attached hydrogens (primary N) is 1. The van der Waals surface area contributed by atoms with Crippen molar-refractivity contribution in [3.8, 4) is 0 Å². The lowest BCUT2D eigenvalue weighted by molar-refractivity contribution is 0.0699. The number of H-pyrrole nitrogens is 1. The highest BCUT2D eigenvalue weighted by molar-refractivity contribution is 5.94. The van der Waals surface area contributed by atoms with E-state index >= 15 is 0 Å². The van der Waals surface area contributed by atoms with Crippen LogP contribution in [-0.4, -0.2) is 25.7 Å². The van der Waals surface area contributed by atoms with Crippen molar-refractivity contribution < 1.29 is 9.90 Å². The molecule has 4 N–H and O–H groups in total. The molecule has 2 heterocycles. The van der Waals surface area contributed by atoms with Gasteiger partial charge in [-0.05, 0) is 6.92 Å². The monoisotopic (exact) mass is 208 g/mol. The second-order valence-electron chi connectivity index (χ2n) is 3.09. The standard InChI is InChI=1S/C8H8N4O3/c1-3-5(9)12-6(11-7(3)13)4(2-10-12)8(14)15/h2H,9H2,1H3,(H,11,13)(H,14,15). The Bertz CT molecular complexity index is 610. The molecule has 2 aromatic heterocycles. The number of fused-ring (bicyclic) bond motifs is 1. The number of aromatic nitrogens is 3. The van der Waals surface area contributed by atoms with Gasteiger partial charge in [-0.15, -0.1) is 0 Å². The lowest BCUT2D eigenvalue weighted by Crippen LogP contribution is -2.17. The summed E-state index contributed by atoms with van der Waals surface area (Å²) in [6, 6.07) is 0. The maximum absolute atomic E-state index is 11.4. The Morgan fingerprint density at radius 1 is 1.67 bits per heavy atom. The zero-order valence-corrected chi connectivity index (χ0v) is 7.81. The minimum Gasteiger partial charge on any atom is -0.477 e. The number of hydrogen-bond donors (Lipinski definition) is 3. The minimum atomic E-state index is -1.16. The molecule has 0 spiro atoms. The van der Waals surface area contributed by atoms with Gasteiger partial charge in [-0.25, -0.2) is 9.31 Å².